The van der Waals surface area contributed by atoms with Crippen LogP contribution in [-0.2, 0) is 9.31 Å². The van der Waals surface area contributed by atoms with Crippen molar-refractivity contribution in [2.45, 2.75) is 38.9 Å². The maximum absolute atomic E-state index is 11.4. The van der Waals surface area contributed by atoms with Crippen LogP contribution in [0.5, 0.6) is 0 Å². The van der Waals surface area contributed by atoms with Crippen LogP contribution in [0.3, 0.4) is 0 Å². The second-order valence-corrected chi connectivity index (χ2v) is 6.67. The SMILES string of the molecule is CC1(C)OB(c2cc(C(=O)O)cc3[nH]c([N+](=O)[O-])nc23)OC1(C)C. The molecular formula is C14H16BN3O6. The Bertz CT molecular complexity index is 844. The number of rotatable bonds is 3. The van der Waals surface area contributed by atoms with E-state index in [2.05, 4.69) is 9.97 Å². The Hall–Kier alpha value is -2.46. The van der Waals surface area contributed by atoms with Gasteiger partial charge in [0.15, 0.2) is 5.52 Å². The highest BCUT2D eigenvalue weighted by molar-refractivity contribution is 6.65. The van der Waals surface area contributed by atoms with Crippen LogP contribution in [-0.4, -0.2) is 44.3 Å². The molecule has 0 atom stereocenters. The molecule has 1 aliphatic rings. The van der Waals surface area contributed by atoms with Gasteiger partial charge in [-0.05, 0) is 44.8 Å². The van der Waals surface area contributed by atoms with E-state index < -0.39 is 35.2 Å². The van der Waals surface area contributed by atoms with Crippen LogP contribution >= 0.6 is 0 Å². The average Bonchev–Trinajstić information content (AvgIpc) is 2.96. The highest BCUT2D eigenvalue weighted by atomic mass is 16.7. The van der Waals surface area contributed by atoms with Crippen molar-refractivity contribution in [2.24, 2.45) is 0 Å². The van der Waals surface area contributed by atoms with Gasteiger partial charge in [0, 0.05) is 5.46 Å². The number of nitrogens with one attached hydrogen (secondary N) is 1. The van der Waals surface area contributed by atoms with E-state index in [-0.39, 0.29) is 16.6 Å². The number of aromatic nitrogens is 2. The van der Waals surface area contributed by atoms with E-state index >= 15 is 0 Å². The zero-order valence-electron chi connectivity index (χ0n) is 13.6. The van der Waals surface area contributed by atoms with Gasteiger partial charge in [0.2, 0.25) is 0 Å². The van der Waals surface area contributed by atoms with Crippen molar-refractivity contribution < 1.29 is 24.1 Å². The van der Waals surface area contributed by atoms with Crippen molar-refractivity contribution in [2.75, 3.05) is 0 Å². The van der Waals surface area contributed by atoms with E-state index in [9.17, 15) is 20.0 Å². The summed E-state index contributed by atoms with van der Waals surface area (Å²) in [6.07, 6.45) is 0. The fourth-order valence-electron chi connectivity index (χ4n) is 2.49. The molecule has 2 N–H and O–H groups in total. The first-order valence-electron chi connectivity index (χ1n) is 7.29. The highest BCUT2D eigenvalue weighted by Crippen LogP contribution is 2.37. The smallest absolute Gasteiger partial charge is 0.478 e. The van der Waals surface area contributed by atoms with Crippen LogP contribution < -0.4 is 5.46 Å². The van der Waals surface area contributed by atoms with E-state index in [4.69, 9.17) is 9.31 Å². The maximum atomic E-state index is 11.4. The topological polar surface area (TPSA) is 128 Å². The van der Waals surface area contributed by atoms with Crippen molar-refractivity contribution in [1.82, 2.24) is 9.97 Å². The first-order chi connectivity index (χ1) is 11.0. The fourth-order valence-corrected chi connectivity index (χ4v) is 2.49. The zero-order chi connectivity index (χ0) is 17.9. The van der Waals surface area contributed by atoms with Gasteiger partial charge < -0.3 is 24.5 Å². The van der Waals surface area contributed by atoms with Crippen molar-refractivity contribution in [1.29, 1.82) is 0 Å². The van der Waals surface area contributed by atoms with Crippen LogP contribution in [0.25, 0.3) is 11.0 Å². The summed E-state index contributed by atoms with van der Waals surface area (Å²) in [6, 6.07) is 2.67. The highest BCUT2D eigenvalue weighted by Gasteiger charge is 2.52. The Balaban J connectivity index is 2.19. The molecule has 0 unspecified atom stereocenters. The number of imidazole rings is 1. The van der Waals surface area contributed by atoms with Crippen LogP contribution in [0.1, 0.15) is 38.1 Å². The van der Waals surface area contributed by atoms with E-state index in [1.165, 1.54) is 12.1 Å². The minimum atomic E-state index is -1.16. The van der Waals surface area contributed by atoms with Crippen LogP contribution in [0.2, 0.25) is 0 Å². The number of aromatic amines is 1. The summed E-state index contributed by atoms with van der Waals surface area (Å²) < 4.78 is 11.8. The normalized spacial score (nSPS) is 18.9. The van der Waals surface area contributed by atoms with Gasteiger partial charge in [-0.2, -0.15) is 0 Å². The number of carbonyl (C=O) groups is 1. The largest absolute Gasteiger partial charge is 0.498 e. The molecule has 0 spiro atoms. The quantitative estimate of drug-likeness (QED) is 0.494. The van der Waals surface area contributed by atoms with Gasteiger partial charge in [0.05, 0.1) is 16.8 Å². The Labute approximate surface area is 137 Å². The molecule has 1 aliphatic heterocycles. The van der Waals surface area contributed by atoms with Gasteiger partial charge in [-0.1, -0.05) is 4.98 Å². The van der Waals surface area contributed by atoms with Gasteiger partial charge in [0.1, 0.15) is 5.52 Å². The molecule has 10 heteroatoms. The molecular weight excluding hydrogens is 317 g/mol. The molecule has 2 heterocycles. The van der Waals surface area contributed by atoms with Crippen molar-refractivity contribution >= 4 is 35.5 Å². The fraction of sp³-hybridized carbons (Fsp3) is 0.429. The average molecular weight is 333 g/mol. The number of fused-ring (bicyclic) bond motifs is 1. The second-order valence-electron chi connectivity index (χ2n) is 6.67. The van der Waals surface area contributed by atoms with Gasteiger partial charge in [0.25, 0.3) is 0 Å². The molecule has 1 saturated heterocycles. The van der Waals surface area contributed by atoms with E-state index in [1.54, 1.807) is 0 Å². The summed E-state index contributed by atoms with van der Waals surface area (Å²) in [7, 11) is -0.875. The third kappa shape index (κ3) is 2.43. The van der Waals surface area contributed by atoms with E-state index in [0.717, 1.165) is 0 Å². The molecule has 126 valence electrons. The molecule has 0 saturated carbocycles. The van der Waals surface area contributed by atoms with E-state index in [0.29, 0.717) is 5.46 Å². The number of H-pyrrole nitrogens is 1. The first kappa shape index (κ1) is 16.4. The lowest BCUT2D eigenvalue weighted by Gasteiger charge is -2.32. The second kappa shape index (κ2) is 5.02. The number of nitrogens with zero attached hydrogens (tertiary/aromatic N) is 2. The van der Waals surface area contributed by atoms with Crippen LogP contribution in [0.4, 0.5) is 5.95 Å². The minimum absolute atomic E-state index is 0.0363. The lowest BCUT2D eigenvalue weighted by Crippen LogP contribution is -2.41. The molecule has 0 amide bonds. The summed E-state index contributed by atoms with van der Waals surface area (Å²) >= 11 is 0. The predicted octanol–water partition coefficient (Wildman–Crippen LogP) is 1.47. The van der Waals surface area contributed by atoms with Crippen molar-refractivity contribution in [3.8, 4) is 0 Å². The summed E-state index contributed by atoms with van der Waals surface area (Å²) in [4.78, 5) is 28.1. The summed E-state index contributed by atoms with van der Waals surface area (Å²) in [5.74, 6) is -1.63. The molecule has 1 aromatic heterocycles. The number of aromatic carboxylic acids is 1. The Morgan fingerprint density at radius 3 is 2.38 bits per heavy atom. The summed E-state index contributed by atoms with van der Waals surface area (Å²) in [6.45, 7) is 7.44. The van der Waals surface area contributed by atoms with Crippen molar-refractivity contribution in [3.05, 3.63) is 27.8 Å². The molecule has 2 aromatic rings. The Kier molecular flexibility index (Phi) is 3.43. The zero-order valence-corrected chi connectivity index (χ0v) is 13.6. The molecule has 0 aliphatic carbocycles. The Morgan fingerprint density at radius 2 is 1.88 bits per heavy atom. The van der Waals surface area contributed by atoms with Crippen molar-refractivity contribution in [3.63, 3.8) is 0 Å². The number of hydrogen-bond donors (Lipinski definition) is 2. The number of carboxylic acid groups (broad SMARTS) is 1. The molecule has 0 bridgehead atoms. The van der Waals surface area contributed by atoms with Crippen LogP contribution in [0, 0.1) is 10.1 Å². The third-order valence-corrected chi connectivity index (χ3v) is 4.53. The molecule has 1 fully saturated rings. The number of benzene rings is 1. The predicted molar refractivity (Wildman–Crippen MR) is 85.4 cm³/mol. The summed E-state index contributed by atoms with van der Waals surface area (Å²) in [5, 5.41) is 20.2. The summed E-state index contributed by atoms with van der Waals surface area (Å²) in [5.41, 5.74) is -0.466. The molecule has 24 heavy (non-hydrogen) atoms. The van der Waals surface area contributed by atoms with Gasteiger partial charge in [-0.15, -0.1) is 0 Å². The standard InChI is InChI=1S/C14H16BN3O6/c1-13(2)14(3,4)24-15(23-13)8-5-7(11(19)20)6-9-10(8)17-12(16-9)18(21)22/h5-6H,1-4H3,(H,16,17)(H,19,20). The lowest BCUT2D eigenvalue weighted by atomic mass is 9.77. The third-order valence-electron chi connectivity index (χ3n) is 4.53. The minimum Gasteiger partial charge on any atom is -0.478 e. The van der Waals surface area contributed by atoms with Crippen LogP contribution in [0.15, 0.2) is 12.1 Å². The van der Waals surface area contributed by atoms with Gasteiger partial charge in [-0.25, -0.2) is 9.78 Å². The lowest BCUT2D eigenvalue weighted by molar-refractivity contribution is -0.393. The Morgan fingerprint density at radius 1 is 1.29 bits per heavy atom. The van der Waals surface area contributed by atoms with Gasteiger partial charge >= 0.3 is 19.0 Å². The maximum Gasteiger partial charge on any atom is 0.498 e. The first-order valence-corrected chi connectivity index (χ1v) is 7.29. The molecule has 9 nitrogen and oxygen atoms in total. The number of hydrogen-bond acceptors (Lipinski definition) is 6. The number of carboxylic acids is 1. The number of nitro groups is 1. The van der Waals surface area contributed by atoms with E-state index in [1.807, 2.05) is 27.7 Å². The molecule has 0 radical (unpaired) electrons. The molecule has 1 aromatic carbocycles. The van der Waals surface area contributed by atoms with Gasteiger partial charge in [-0.3, -0.25) is 0 Å². The molecule has 3 rings (SSSR count). The monoisotopic (exact) mass is 333 g/mol.